The van der Waals surface area contributed by atoms with Crippen LogP contribution in [-0.2, 0) is 101 Å². The van der Waals surface area contributed by atoms with Gasteiger partial charge in [-0.3, -0.25) is 76.7 Å². The van der Waals surface area contributed by atoms with E-state index in [1.807, 2.05) is 18.2 Å². The SMILES string of the molecule is CC(C)C[C@H](NC(=O)[C@H](CC(C)C)NC(=O)[C@H](CCCCN)NC(=O)[C@@H](N)Cc1ccccc1)C(=O)N[C@@H](CO)C(=O)N[C@@H](Cc1cnc[nH]1)C(=O)N[C@@H](CO)C(=O)N[C@@H](CC(C)C)C(=O)N[C@@H](CC(C)C)C(=O)N[C@H](C(=O)N[C@H](C(=O)N[C@@H](CC(C)C)C(=O)N[C@@H](C)C(=O)N[C@@H](CO)C(=O)N[C@@H](Cc1cnc[nH]1)C(=O)N[C@@H](CC(C)C)C(=O)N1CCC[C@H]1C(=O)O)[C@@H](C)O)C(C)C. The number of aliphatic hydroxyl groups is 4. The number of H-pyrrole nitrogens is 2. The summed E-state index contributed by atoms with van der Waals surface area (Å²) in [5, 5.41) is 91.1. The molecule has 1 saturated heterocycles. The quantitative estimate of drug-likeness (QED) is 0.0242. The predicted octanol–water partition coefficient (Wildman–Crippen LogP) is -3.73. The van der Waals surface area contributed by atoms with Crippen molar-refractivity contribution in [2.75, 3.05) is 32.9 Å². The number of amides is 16. The summed E-state index contributed by atoms with van der Waals surface area (Å²) in [6, 6.07) is -15.8. The first-order valence-corrected chi connectivity index (χ1v) is 45.7. The smallest absolute Gasteiger partial charge is 0.326 e. The van der Waals surface area contributed by atoms with Crippen LogP contribution in [0.1, 0.15) is 198 Å². The highest BCUT2D eigenvalue weighted by molar-refractivity contribution is 6.01. The number of carboxylic acid groups (broad SMARTS) is 1. The molecule has 44 heteroatoms. The van der Waals surface area contributed by atoms with Gasteiger partial charge < -0.3 is 132 Å². The van der Waals surface area contributed by atoms with Gasteiger partial charge in [0.25, 0.3) is 0 Å². The van der Waals surface area contributed by atoms with Crippen molar-refractivity contribution in [3.63, 3.8) is 0 Å². The van der Waals surface area contributed by atoms with Gasteiger partial charge in [-0.1, -0.05) is 127 Å². The van der Waals surface area contributed by atoms with E-state index in [1.54, 1.807) is 109 Å². The fraction of sp³-hybridized carbons (Fsp3) is 0.674. The molecule has 3 heterocycles. The zero-order valence-corrected chi connectivity index (χ0v) is 79.2. The summed E-state index contributed by atoms with van der Waals surface area (Å²) in [7, 11) is 0. The van der Waals surface area contributed by atoms with Gasteiger partial charge in [0.15, 0.2) is 0 Å². The van der Waals surface area contributed by atoms with Crippen molar-refractivity contribution in [3.05, 3.63) is 72.3 Å². The molecule has 0 spiro atoms. The van der Waals surface area contributed by atoms with Crippen LogP contribution in [-0.4, -0.2) is 293 Å². The number of nitrogens with one attached hydrogen (secondary N) is 17. The topological polar surface area (TPSA) is 684 Å². The fourth-order valence-electron chi connectivity index (χ4n) is 14.8. The van der Waals surface area contributed by atoms with Crippen LogP contribution in [0.2, 0.25) is 0 Å². The Bertz CT molecular complexity index is 4270. The molecular weight excluding hydrogens is 1730 g/mol. The Morgan fingerprint density at radius 2 is 0.714 bits per heavy atom. The lowest BCUT2D eigenvalue weighted by atomic mass is 9.98. The largest absolute Gasteiger partial charge is 0.480 e. The van der Waals surface area contributed by atoms with Crippen molar-refractivity contribution in [2.24, 2.45) is 52.9 Å². The highest BCUT2D eigenvalue weighted by atomic mass is 16.4. The number of aliphatic hydroxyl groups excluding tert-OH is 4. The van der Waals surface area contributed by atoms with E-state index in [4.69, 9.17) is 11.5 Å². The second-order valence-electron chi connectivity index (χ2n) is 36.9. The highest BCUT2D eigenvalue weighted by Crippen LogP contribution is 2.22. The van der Waals surface area contributed by atoms with E-state index in [0.717, 1.165) is 5.56 Å². The number of likely N-dealkylation sites (tertiary alicyclic amines) is 1. The Labute approximate surface area is 776 Å². The molecule has 1 aromatic carbocycles. The third-order valence-electron chi connectivity index (χ3n) is 21.8. The Morgan fingerprint density at radius 1 is 0.391 bits per heavy atom. The molecule has 0 radical (unpaired) electrons. The Hall–Kier alpha value is -11.6. The monoisotopic (exact) mass is 1880 g/mol. The number of aromatic amines is 2. The second kappa shape index (κ2) is 57.1. The zero-order chi connectivity index (χ0) is 99.8. The Kier molecular flexibility index (Phi) is 48.8. The van der Waals surface area contributed by atoms with Gasteiger partial charge in [0, 0.05) is 43.2 Å². The first kappa shape index (κ1) is 114. The van der Waals surface area contributed by atoms with Crippen LogP contribution >= 0.6 is 0 Å². The van der Waals surface area contributed by atoms with Crippen LogP contribution in [0.5, 0.6) is 0 Å². The van der Waals surface area contributed by atoms with E-state index in [0.29, 0.717) is 31.5 Å². The second-order valence-corrected chi connectivity index (χ2v) is 36.9. The van der Waals surface area contributed by atoms with Gasteiger partial charge in [0.1, 0.15) is 96.7 Å². The molecule has 18 atom stereocenters. The van der Waals surface area contributed by atoms with Crippen molar-refractivity contribution >= 4 is 100 Å². The van der Waals surface area contributed by atoms with Gasteiger partial charge >= 0.3 is 5.97 Å². The van der Waals surface area contributed by atoms with Gasteiger partial charge in [-0.2, -0.15) is 0 Å². The summed E-state index contributed by atoms with van der Waals surface area (Å²) in [5.41, 5.74) is 13.5. The molecule has 3 aromatic rings. The van der Waals surface area contributed by atoms with E-state index < -0.39 is 235 Å². The Morgan fingerprint density at radius 3 is 1.08 bits per heavy atom. The van der Waals surface area contributed by atoms with Gasteiger partial charge in [-0.15, -0.1) is 0 Å². The third-order valence-corrected chi connectivity index (χ3v) is 21.8. The van der Waals surface area contributed by atoms with Crippen LogP contribution in [0.4, 0.5) is 0 Å². The normalized spacial score (nSPS) is 16.5. The van der Waals surface area contributed by atoms with Gasteiger partial charge in [-0.05, 0) is 144 Å². The molecule has 0 aliphatic carbocycles. The minimum atomic E-state index is -1.84. The number of aliphatic carboxylic acids is 1. The van der Waals surface area contributed by atoms with Crippen molar-refractivity contribution in [1.29, 1.82) is 0 Å². The van der Waals surface area contributed by atoms with E-state index in [9.17, 15) is 107 Å². The van der Waals surface area contributed by atoms with Crippen LogP contribution in [0, 0.1) is 41.4 Å². The molecule has 0 saturated carbocycles. The van der Waals surface area contributed by atoms with Crippen LogP contribution in [0.25, 0.3) is 0 Å². The average Bonchev–Trinajstić information content (AvgIpc) is 1.76. The molecule has 1 fully saturated rings. The number of carbonyl (C=O) groups excluding carboxylic acids is 16. The molecule has 4 rings (SSSR count). The molecule has 0 unspecified atom stereocenters. The number of unbranched alkanes of at least 4 members (excludes halogenated alkanes) is 1. The van der Waals surface area contributed by atoms with E-state index in [2.05, 4.69) is 99.7 Å². The number of hydrogen-bond donors (Lipinski definition) is 24. The van der Waals surface area contributed by atoms with Crippen molar-refractivity contribution in [1.82, 2.24) is 105 Å². The number of carbonyl (C=O) groups is 17. The van der Waals surface area contributed by atoms with Crippen molar-refractivity contribution < 1.29 is 107 Å². The molecule has 744 valence electrons. The van der Waals surface area contributed by atoms with Crippen molar-refractivity contribution in [3.8, 4) is 0 Å². The number of nitrogens with two attached hydrogens (primary N) is 2. The number of imidazole rings is 2. The number of hydrogen-bond acceptors (Lipinski definition) is 25. The maximum Gasteiger partial charge on any atom is 0.326 e. The molecule has 1 aliphatic heterocycles. The summed E-state index contributed by atoms with van der Waals surface area (Å²) in [6.45, 7) is 23.8. The van der Waals surface area contributed by atoms with Crippen LogP contribution in [0.3, 0.4) is 0 Å². The zero-order valence-electron chi connectivity index (χ0n) is 79.2. The average molecular weight is 1880 g/mol. The predicted molar refractivity (Wildman–Crippen MR) is 487 cm³/mol. The Balaban J connectivity index is 1.47. The van der Waals surface area contributed by atoms with Gasteiger partial charge in [0.05, 0.1) is 44.6 Å². The molecule has 133 heavy (non-hydrogen) atoms. The van der Waals surface area contributed by atoms with Gasteiger partial charge in [-0.25, -0.2) is 14.8 Å². The van der Waals surface area contributed by atoms with Gasteiger partial charge in [0.2, 0.25) is 94.5 Å². The molecule has 0 bridgehead atoms. The fourth-order valence-corrected chi connectivity index (χ4v) is 14.8. The molecule has 2 aromatic heterocycles. The summed E-state index contributed by atoms with van der Waals surface area (Å²) < 4.78 is 0. The standard InChI is InChI=1S/C89H146N22O22/c1-45(2)29-59(76(119)96-52(15)73(116)106-67(40-112)83(126)102-64(36-55-38-92-43-94-55)80(123)105-66(34-50(11)12)88(131)111-28-22-26-70(111)89(132)133)104-87(130)72(53(16)115)110-86(129)71(51(13)14)109-82(125)63(33-49(9)10)100-78(121)61(31-47(5)6)101-84(127)68(41-113)108-81(124)65(37-56-39-93-44-95-56)103-85(128)69(42-114)107-79(122)62(32-48(7)8)99-77(120)60(30-46(3)4)98-75(118)58(25-20-21-27-90)97-74(117)57(91)35-54-23-18-17-19-24-54/h17-19,23-24,38-39,43-53,57-72,112-115H,20-22,25-37,40-42,90-91H2,1-16H3,(H,92,94)(H,93,95)(H,96,119)(H,97,117)(H,98,118)(H,99,120)(H,100,121)(H,101,127)(H,102,126)(H,103,128)(H,104,130)(H,105,123)(H,106,116)(H,107,122)(H,108,124)(H,109,125)(H,110,129)(H,132,133)/t52-,53+,57-,58-,59-,60-,61-,62-,63-,64-,65-,66-,67-,68-,69-,70-,71-,72-/m0/s1. The summed E-state index contributed by atoms with van der Waals surface area (Å²) in [5.74, 6) is -18.5. The molecule has 1 aliphatic rings. The van der Waals surface area contributed by atoms with Crippen LogP contribution in [0.15, 0.2) is 55.4 Å². The van der Waals surface area contributed by atoms with E-state index in [1.165, 1.54) is 43.8 Å². The first-order chi connectivity index (χ1) is 62.6. The van der Waals surface area contributed by atoms with Crippen LogP contribution < -0.4 is 91.2 Å². The number of carboxylic acids is 1. The summed E-state index contributed by atoms with van der Waals surface area (Å²) in [4.78, 5) is 254. The number of rotatable bonds is 59. The highest BCUT2D eigenvalue weighted by Gasteiger charge is 2.43. The summed E-state index contributed by atoms with van der Waals surface area (Å²) >= 11 is 0. The molecule has 44 nitrogen and oxygen atoms in total. The van der Waals surface area contributed by atoms with E-state index in [-0.39, 0.29) is 118 Å². The maximum atomic E-state index is 14.6. The molecular formula is C89H146N22O22. The minimum absolute atomic E-state index is 0.0208. The maximum absolute atomic E-state index is 14.6. The van der Waals surface area contributed by atoms with E-state index >= 15 is 0 Å². The van der Waals surface area contributed by atoms with Crippen molar-refractivity contribution in [2.45, 2.75) is 309 Å². The number of nitrogens with zero attached hydrogens (tertiary/aromatic N) is 3. The number of benzene rings is 1. The lowest BCUT2D eigenvalue weighted by Crippen LogP contribution is -2.63. The lowest BCUT2D eigenvalue weighted by molar-refractivity contribution is -0.149. The third kappa shape index (κ3) is 39.2. The molecule has 26 N–H and O–H groups in total. The first-order valence-electron chi connectivity index (χ1n) is 45.7. The lowest BCUT2D eigenvalue weighted by Gasteiger charge is -2.30. The number of aromatic nitrogens is 4. The summed E-state index contributed by atoms with van der Waals surface area (Å²) in [6.07, 6.45) is 4.84. The molecule has 16 amide bonds. The minimum Gasteiger partial charge on any atom is -0.480 e.